The Hall–Kier alpha value is -2.60. The van der Waals surface area contributed by atoms with Gasteiger partial charge in [0.1, 0.15) is 17.0 Å². The summed E-state index contributed by atoms with van der Waals surface area (Å²) in [5.41, 5.74) is 1.60. The quantitative estimate of drug-likeness (QED) is 0.779. The average molecular weight is 328 g/mol. The highest BCUT2D eigenvalue weighted by molar-refractivity contribution is 7.22. The van der Waals surface area contributed by atoms with Crippen molar-refractivity contribution in [1.82, 2.24) is 4.98 Å². The molecular weight excluding hydrogens is 312 g/mol. The number of ether oxygens (including phenoxy) is 2. The fraction of sp³-hybridized carbons (Fsp3) is 0.176. The number of fused-ring (bicyclic) bond motifs is 1. The normalized spacial score (nSPS) is 10.5. The van der Waals surface area contributed by atoms with Crippen molar-refractivity contribution in [2.24, 2.45) is 0 Å². The molecule has 23 heavy (non-hydrogen) atoms. The number of carbonyl (C=O) groups excluding carboxylic acids is 1. The van der Waals surface area contributed by atoms with Crippen molar-refractivity contribution >= 4 is 32.6 Å². The van der Waals surface area contributed by atoms with Crippen LogP contribution in [-0.4, -0.2) is 25.1 Å². The van der Waals surface area contributed by atoms with E-state index in [9.17, 15) is 4.79 Å². The van der Waals surface area contributed by atoms with Crippen LogP contribution in [0.25, 0.3) is 10.2 Å². The summed E-state index contributed by atoms with van der Waals surface area (Å²) in [6.45, 7) is 0. The molecule has 6 heteroatoms. The molecule has 0 bridgehead atoms. The Bertz CT molecular complexity index is 845. The van der Waals surface area contributed by atoms with Gasteiger partial charge in [-0.05, 0) is 18.2 Å². The van der Waals surface area contributed by atoms with Crippen LogP contribution in [-0.2, 0) is 11.2 Å². The van der Waals surface area contributed by atoms with E-state index in [0.29, 0.717) is 16.6 Å². The highest BCUT2D eigenvalue weighted by Gasteiger charge is 2.12. The van der Waals surface area contributed by atoms with E-state index in [4.69, 9.17) is 9.47 Å². The summed E-state index contributed by atoms with van der Waals surface area (Å²) in [5.74, 6) is 1.27. The first-order valence-corrected chi connectivity index (χ1v) is 7.88. The van der Waals surface area contributed by atoms with Crippen molar-refractivity contribution in [3.63, 3.8) is 0 Å². The minimum Gasteiger partial charge on any atom is -0.496 e. The number of nitrogens with zero attached hydrogens (tertiary/aromatic N) is 1. The summed E-state index contributed by atoms with van der Waals surface area (Å²) >= 11 is 1.42. The van der Waals surface area contributed by atoms with E-state index in [1.807, 2.05) is 42.5 Å². The number of nitrogens with one attached hydrogen (secondary N) is 1. The Morgan fingerprint density at radius 3 is 2.61 bits per heavy atom. The Morgan fingerprint density at radius 2 is 1.83 bits per heavy atom. The fourth-order valence-corrected chi connectivity index (χ4v) is 3.23. The first kappa shape index (κ1) is 15.3. The highest BCUT2D eigenvalue weighted by atomic mass is 32.1. The van der Waals surface area contributed by atoms with Crippen molar-refractivity contribution in [2.45, 2.75) is 6.42 Å². The topological polar surface area (TPSA) is 60.5 Å². The molecule has 0 fully saturated rings. The Balaban J connectivity index is 1.78. The summed E-state index contributed by atoms with van der Waals surface area (Å²) in [7, 11) is 3.20. The van der Waals surface area contributed by atoms with Gasteiger partial charge in [0.2, 0.25) is 5.91 Å². The summed E-state index contributed by atoms with van der Waals surface area (Å²) in [6.07, 6.45) is 0.233. The van der Waals surface area contributed by atoms with Crippen LogP contribution in [0.2, 0.25) is 0 Å². The highest BCUT2D eigenvalue weighted by Crippen LogP contribution is 2.32. The molecule has 0 saturated carbocycles. The van der Waals surface area contributed by atoms with Gasteiger partial charge in [0.15, 0.2) is 5.13 Å². The molecule has 0 atom stereocenters. The maximum Gasteiger partial charge on any atom is 0.230 e. The second-order valence-corrected chi connectivity index (χ2v) is 5.89. The Morgan fingerprint density at radius 1 is 1.09 bits per heavy atom. The molecule has 3 rings (SSSR count). The number of hydrogen-bond acceptors (Lipinski definition) is 5. The molecule has 3 aromatic rings. The molecular formula is C17H16N2O3S. The molecule has 2 aromatic carbocycles. The van der Waals surface area contributed by atoms with Crippen LogP contribution in [0.5, 0.6) is 11.5 Å². The first-order valence-electron chi connectivity index (χ1n) is 7.06. The van der Waals surface area contributed by atoms with E-state index in [2.05, 4.69) is 10.3 Å². The van der Waals surface area contributed by atoms with Crippen LogP contribution < -0.4 is 14.8 Å². The predicted octanol–water partition coefficient (Wildman–Crippen LogP) is 3.49. The van der Waals surface area contributed by atoms with Crippen LogP contribution in [0.4, 0.5) is 5.13 Å². The summed E-state index contributed by atoms with van der Waals surface area (Å²) in [5, 5.41) is 3.40. The number of thiazole rings is 1. The lowest BCUT2D eigenvalue weighted by Crippen LogP contribution is -2.14. The van der Waals surface area contributed by atoms with Crippen LogP contribution in [0.1, 0.15) is 5.56 Å². The number of para-hydroxylation sites is 2. The number of aromatic nitrogens is 1. The minimum atomic E-state index is -0.132. The van der Waals surface area contributed by atoms with E-state index >= 15 is 0 Å². The van der Waals surface area contributed by atoms with Gasteiger partial charge in [-0.3, -0.25) is 4.79 Å². The van der Waals surface area contributed by atoms with Crippen molar-refractivity contribution in [3.05, 3.63) is 48.0 Å². The van der Waals surface area contributed by atoms with Crippen molar-refractivity contribution in [2.75, 3.05) is 19.5 Å². The molecule has 0 aliphatic rings. The van der Waals surface area contributed by atoms with Crippen molar-refractivity contribution in [3.8, 4) is 11.5 Å². The third kappa shape index (κ3) is 3.27. The van der Waals surface area contributed by atoms with Gasteiger partial charge in [0.05, 0.1) is 25.3 Å². The van der Waals surface area contributed by atoms with Gasteiger partial charge in [-0.1, -0.05) is 35.6 Å². The lowest BCUT2D eigenvalue weighted by Gasteiger charge is -2.07. The fourth-order valence-electron chi connectivity index (χ4n) is 2.33. The Kier molecular flexibility index (Phi) is 4.43. The molecule has 1 amide bonds. The minimum absolute atomic E-state index is 0.132. The van der Waals surface area contributed by atoms with Gasteiger partial charge in [0.25, 0.3) is 0 Å². The van der Waals surface area contributed by atoms with Crippen LogP contribution >= 0.6 is 11.3 Å². The molecule has 1 aromatic heterocycles. The van der Waals surface area contributed by atoms with Gasteiger partial charge in [0, 0.05) is 5.56 Å². The lowest BCUT2D eigenvalue weighted by atomic mass is 10.1. The molecule has 0 unspecified atom stereocenters. The molecule has 0 radical (unpaired) electrons. The largest absolute Gasteiger partial charge is 0.496 e. The predicted molar refractivity (Wildman–Crippen MR) is 91.5 cm³/mol. The third-order valence-corrected chi connectivity index (χ3v) is 4.33. The monoisotopic (exact) mass is 328 g/mol. The van der Waals surface area contributed by atoms with Crippen LogP contribution in [0.15, 0.2) is 42.5 Å². The number of carbonyl (C=O) groups is 1. The molecule has 0 aliphatic heterocycles. The van der Waals surface area contributed by atoms with E-state index in [1.165, 1.54) is 11.3 Å². The maximum absolute atomic E-state index is 12.3. The van der Waals surface area contributed by atoms with Gasteiger partial charge in [-0.2, -0.15) is 0 Å². The number of anilines is 1. The van der Waals surface area contributed by atoms with E-state index < -0.39 is 0 Å². The molecule has 5 nitrogen and oxygen atoms in total. The van der Waals surface area contributed by atoms with E-state index in [1.54, 1.807) is 14.2 Å². The Labute approximate surface area is 137 Å². The maximum atomic E-state index is 12.3. The van der Waals surface area contributed by atoms with Crippen molar-refractivity contribution < 1.29 is 14.3 Å². The molecule has 0 spiro atoms. The molecule has 1 heterocycles. The smallest absolute Gasteiger partial charge is 0.230 e. The standard InChI is InChI=1S/C17H16N2O3S/c1-21-12-7-4-3-6-11(12)10-15(20)18-17-19-16-13(22-2)8-5-9-14(16)23-17/h3-9H,10H2,1-2H3,(H,18,19,20). The van der Waals surface area contributed by atoms with Gasteiger partial charge in [-0.25, -0.2) is 4.98 Å². The van der Waals surface area contributed by atoms with Crippen molar-refractivity contribution in [1.29, 1.82) is 0 Å². The van der Waals surface area contributed by atoms with Gasteiger partial charge in [-0.15, -0.1) is 0 Å². The third-order valence-electron chi connectivity index (χ3n) is 3.39. The zero-order valence-electron chi connectivity index (χ0n) is 12.8. The molecule has 0 aliphatic carbocycles. The van der Waals surface area contributed by atoms with E-state index in [0.717, 1.165) is 15.8 Å². The SMILES string of the molecule is COc1ccccc1CC(=O)Nc1nc2c(OC)cccc2s1. The second kappa shape index (κ2) is 6.66. The molecule has 118 valence electrons. The number of amides is 1. The van der Waals surface area contributed by atoms with Crippen LogP contribution in [0, 0.1) is 0 Å². The number of benzene rings is 2. The average Bonchev–Trinajstić information content (AvgIpc) is 2.97. The summed E-state index contributed by atoms with van der Waals surface area (Å²) in [6, 6.07) is 13.2. The zero-order chi connectivity index (χ0) is 16.2. The zero-order valence-corrected chi connectivity index (χ0v) is 13.6. The van der Waals surface area contributed by atoms with E-state index in [-0.39, 0.29) is 12.3 Å². The lowest BCUT2D eigenvalue weighted by molar-refractivity contribution is -0.115. The first-order chi connectivity index (χ1) is 11.2. The number of rotatable bonds is 5. The molecule has 1 N–H and O–H groups in total. The number of methoxy groups -OCH3 is 2. The van der Waals surface area contributed by atoms with Gasteiger partial charge < -0.3 is 14.8 Å². The number of hydrogen-bond donors (Lipinski definition) is 1. The summed E-state index contributed by atoms with van der Waals surface area (Å²) < 4.78 is 11.5. The molecule has 0 saturated heterocycles. The van der Waals surface area contributed by atoms with Gasteiger partial charge >= 0.3 is 0 Å². The van der Waals surface area contributed by atoms with Crippen LogP contribution in [0.3, 0.4) is 0 Å². The summed E-state index contributed by atoms with van der Waals surface area (Å²) in [4.78, 5) is 16.7. The second-order valence-electron chi connectivity index (χ2n) is 4.86.